The van der Waals surface area contributed by atoms with Crippen molar-refractivity contribution in [1.82, 2.24) is 4.90 Å². The Hall–Kier alpha value is -1.15. The molecular weight excluding hydrogens is 234 g/mol. The van der Waals surface area contributed by atoms with E-state index in [1.54, 1.807) is 0 Å². The lowest BCUT2D eigenvalue weighted by Crippen LogP contribution is -2.35. The molecule has 0 amide bonds. The van der Waals surface area contributed by atoms with Crippen molar-refractivity contribution in [3.05, 3.63) is 34.9 Å². The zero-order chi connectivity index (χ0) is 13.8. The number of piperidine rings is 1. The van der Waals surface area contributed by atoms with E-state index < -0.39 is 0 Å². The molecule has 2 heteroatoms. The first-order valence-corrected chi connectivity index (χ1v) is 7.42. The smallest absolute Gasteiger partial charge is 0.166 e. The van der Waals surface area contributed by atoms with Crippen LogP contribution in [0.15, 0.2) is 18.2 Å². The van der Waals surface area contributed by atoms with Gasteiger partial charge in [0.2, 0.25) is 0 Å². The summed E-state index contributed by atoms with van der Waals surface area (Å²) < 4.78 is 0. The molecule has 1 saturated heterocycles. The fourth-order valence-corrected chi connectivity index (χ4v) is 2.79. The van der Waals surface area contributed by atoms with E-state index in [4.69, 9.17) is 0 Å². The molecule has 0 radical (unpaired) electrons. The van der Waals surface area contributed by atoms with Crippen LogP contribution in [0.2, 0.25) is 0 Å². The largest absolute Gasteiger partial charge is 0.303 e. The van der Waals surface area contributed by atoms with Crippen molar-refractivity contribution in [3.63, 3.8) is 0 Å². The van der Waals surface area contributed by atoms with Crippen LogP contribution >= 0.6 is 0 Å². The average molecular weight is 259 g/mol. The maximum absolute atomic E-state index is 12.5. The van der Waals surface area contributed by atoms with Gasteiger partial charge in [-0.1, -0.05) is 25.5 Å². The quantitative estimate of drug-likeness (QED) is 0.770. The molecule has 1 aromatic carbocycles. The molecule has 1 atom stereocenters. The Morgan fingerprint density at radius 1 is 1.16 bits per heavy atom. The van der Waals surface area contributed by atoms with Gasteiger partial charge < -0.3 is 4.90 Å². The molecule has 0 spiro atoms. The van der Waals surface area contributed by atoms with Crippen molar-refractivity contribution < 1.29 is 4.79 Å². The van der Waals surface area contributed by atoms with Crippen LogP contribution in [-0.2, 0) is 0 Å². The van der Waals surface area contributed by atoms with Gasteiger partial charge >= 0.3 is 0 Å². The van der Waals surface area contributed by atoms with Gasteiger partial charge in [-0.2, -0.15) is 0 Å². The highest BCUT2D eigenvalue weighted by Crippen LogP contribution is 2.17. The lowest BCUT2D eigenvalue weighted by atomic mass is 9.95. The van der Waals surface area contributed by atoms with E-state index in [0.29, 0.717) is 0 Å². The highest BCUT2D eigenvalue weighted by atomic mass is 16.1. The summed E-state index contributed by atoms with van der Waals surface area (Å²) in [5, 5.41) is 0. The first-order valence-electron chi connectivity index (χ1n) is 7.42. The Morgan fingerprint density at radius 3 is 2.47 bits per heavy atom. The molecule has 1 heterocycles. The SMILES string of the molecule is Cc1ccc(C(=O)C(C)CN2CCCCC2)cc1C. The third-order valence-corrected chi connectivity index (χ3v) is 4.22. The Labute approximate surface area is 116 Å². The van der Waals surface area contributed by atoms with Crippen LogP contribution in [0, 0.1) is 19.8 Å². The molecule has 1 aliphatic rings. The van der Waals surface area contributed by atoms with Crippen LogP contribution in [-0.4, -0.2) is 30.3 Å². The van der Waals surface area contributed by atoms with Gasteiger partial charge in [0.1, 0.15) is 0 Å². The topological polar surface area (TPSA) is 20.3 Å². The molecule has 1 fully saturated rings. The molecule has 0 N–H and O–H groups in total. The molecule has 2 rings (SSSR count). The van der Waals surface area contributed by atoms with Crippen LogP contribution in [0.4, 0.5) is 0 Å². The summed E-state index contributed by atoms with van der Waals surface area (Å²) in [6, 6.07) is 6.05. The number of carbonyl (C=O) groups excluding carboxylic acids is 1. The Morgan fingerprint density at radius 2 is 1.84 bits per heavy atom. The molecule has 0 saturated carbocycles. The second-order valence-corrected chi connectivity index (χ2v) is 5.93. The molecule has 2 nitrogen and oxygen atoms in total. The van der Waals surface area contributed by atoms with E-state index in [-0.39, 0.29) is 11.7 Å². The molecule has 1 aromatic rings. The molecular formula is C17H25NO. The standard InChI is InChI=1S/C17H25NO/c1-13-7-8-16(11-14(13)2)17(19)15(3)12-18-9-5-4-6-10-18/h7-8,11,15H,4-6,9-10,12H2,1-3H3. The lowest BCUT2D eigenvalue weighted by Gasteiger charge is -2.28. The number of hydrogen-bond acceptors (Lipinski definition) is 2. The fraction of sp³-hybridized carbons (Fsp3) is 0.588. The normalized spacial score (nSPS) is 18.3. The highest BCUT2D eigenvalue weighted by molar-refractivity contribution is 5.98. The number of likely N-dealkylation sites (tertiary alicyclic amines) is 1. The molecule has 104 valence electrons. The van der Waals surface area contributed by atoms with Crippen molar-refractivity contribution in [2.75, 3.05) is 19.6 Å². The maximum atomic E-state index is 12.5. The predicted octanol–water partition coefficient (Wildman–Crippen LogP) is 3.61. The van der Waals surface area contributed by atoms with Crippen LogP contribution in [0.5, 0.6) is 0 Å². The Balaban J connectivity index is 1.99. The minimum Gasteiger partial charge on any atom is -0.303 e. The zero-order valence-electron chi connectivity index (χ0n) is 12.4. The molecule has 0 aliphatic carbocycles. The molecule has 1 aliphatic heterocycles. The minimum atomic E-state index is 0.0974. The van der Waals surface area contributed by atoms with E-state index in [1.807, 2.05) is 12.1 Å². The van der Waals surface area contributed by atoms with E-state index >= 15 is 0 Å². The number of nitrogens with zero attached hydrogens (tertiary/aromatic N) is 1. The summed E-state index contributed by atoms with van der Waals surface area (Å²) in [6.45, 7) is 9.44. The summed E-state index contributed by atoms with van der Waals surface area (Å²) in [5.74, 6) is 0.383. The van der Waals surface area contributed by atoms with Crippen LogP contribution in [0.3, 0.4) is 0 Å². The summed E-state index contributed by atoms with van der Waals surface area (Å²) >= 11 is 0. The number of ketones is 1. The van der Waals surface area contributed by atoms with E-state index in [9.17, 15) is 4.79 Å². The van der Waals surface area contributed by atoms with Crippen LogP contribution in [0.1, 0.15) is 47.7 Å². The van der Waals surface area contributed by atoms with Crippen molar-refractivity contribution in [2.24, 2.45) is 5.92 Å². The Kier molecular flexibility index (Phi) is 4.76. The average Bonchev–Trinajstić information content (AvgIpc) is 2.42. The zero-order valence-corrected chi connectivity index (χ0v) is 12.4. The number of benzene rings is 1. The van der Waals surface area contributed by atoms with E-state index in [1.165, 1.54) is 30.4 Å². The number of carbonyl (C=O) groups is 1. The van der Waals surface area contributed by atoms with Crippen molar-refractivity contribution >= 4 is 5.78 Å². The Bertz CT molecular complexity index is 447. The van der Waals surface area contributed by atoms with E-state index in [2.05, 4.69) is 31.7 Å². The van der Waals surface area contributed by atoms with Gasteiger partial charge in [-0.15, -0.1) is 0 Å². The maximum Gasteiger partial charge on any atom is 0.166 e. The lowest BCUT2D eigenvalue weighted by molar-refractivity contribution is 0.0883. The van der Waals surface area contributed by atoms with Gasteiger partial charge in [0.25, 0.3) is 0 Å². The number of Topliss-reactive ketones (excluding diaryl/α,β-unsaturated/α-hetero) is 1. The molecule has 19 heavy (non-hydrogen) atoms. The van der Waals surface area contributed by atoms with E-state index in [0.717, 1.165) is 25.2 Å². The fourth-order valence-electron chi connectivity index (χ4n) is 2.79. The van der Waals surface area contributed by atoms with Crippen LogP contribution < -0.4 is 0 Å². The third-order valence-electron chi connectivity index (χ3n) is 4.22. The summed E-state index contributed by atoms with van der Waals surface area (Å²) in [4.78, 5) is 14.9. The summed E-state index contributed by atoms with van der Waals surface area (Å²) in [6.07, 6.45) is 3.91. The monoisotopic (exact) mass is 259 g/mol. The van der Waals surface area contributed by atoms with Gasteiger partial charge in [0.15, 0.2) is 5.78 Å². The number of rotatable bonds is 4. The molecule has 0 aromatic heterocycles. The van der Waals surface area contributed by atoms with Crippen molar-refractivity contribution in [2.45, 2.75) is 40.0 Å². The first-order chi connectivity index (χ1) is 9.08. The summed E-state index contributed by atoms with van der Waals surface area (Å²) in [7, 11) is 0. The number of aryl methyl sites for hydroxylation is 2. The van der Waals surface area contributed by atoms with Gasteiger partial charge in [-0.3, -0.25) is 4.79 Å². The second-order valence-electron chi connectivity index (χ2n) is 5.93. The minimum absolute atomic E-state index is 0.0974. The second kappa shape index (κ2) is 6.33. The van der Waals surface area contributed by atoms with Crippen molar-refractivity contribution in [1.29, 1.82) is 0 Å². The van der Waals surface area contributed by atoms with Gasteiger partial charge in [0.05, 0.1) is 0 Å². The molecule has 0 bridgehead atoms. The predicted molar refractivity (Wildman–Crippen MR) is 79.7 cm³/mol. The summed E-state index contributed by atoms with van der Waals surface area (Å²) in [5.41, 5.74) is 3.32. The van der Waals surface area contributed by atoms with Crippen molar-refractivity contribution in [3.8, 4) is 0 Å². The van der Waals surface area contributed by atoms with Gasteiger partial charge in [-0.05, 0) is 57.0 Å². The van der Waals surface area contributed by atoms with Crippen LogP contribution in [0.25, 0.3) is 0 Å². The molecule has 1 unspecified atom stereocenters. The van der Waals surface area contributed by atoms with Gasteiger partial charge in [0, 0.05) is 18.0 Å². The third kappa shape index (κ3) is 3.66. The highest BCUT2D eigenvalue weighted by Gasteiger charge is 2.20. The number of hydrogen-bond donors (Lipinski definition) is 0. The van der Waals surface area contributed by atoms with Gasteiger partial charge in [-0.25, -0.2) is 0 Å². The first kappa shape index (κ1) is 14.3.